The average Bonchev–Trinajstić information content (AvgIpc) is 3.01. The standard InChI is InChI=1S/C24H23N3O4S/c1-30-18-7-6-8-19(17-18)32(28,29)27-15-13-26(14-16-27)24-20-9-2-4-11-22(20)31-23-12-5-3-10-21(23)25-24/h2-12,17H,13-16H2,1H3. The fraction of sp³-hybridized carbons (Fsp3) is 0.208. The first-order chi connectivity index (χ1) is 15.6. The quantitative estimate of drug-likeness (QED) is 0.607. The Kier molecular flexibility index (Phi) is 5.32. The highest BCUT2D eigenvalue weighted by Crippen LogP contribution is 2.38. The zero-order valence-corrected chi connectivity index (χ0v) is 18.5. The third-order valence-electron chi connectivity index (χ3n) is 5.66. The van der Waals surface area contributed by atoms with E-state index in [4.69, 9.17) is 14.5 Å². The molecule has 2 aliphatic rings. The minimum atomic E-state index is -3.60. The lowest BCUT2D eigenvalue weighted by Gasteiger charge is -2.35. The van der Waals surface area contributed by atoms with Gasteiger partial charge in [0.25, 0.3) is 0 Å². The Labute approximate surface area is 187 Å². The number of rotatable bonds is 3. The summed E-state index contributed by atoms with van der Waals surface area (Å²) >= 11 is 0. The molecule has 5 rings (SSSR count). The number of hydrogen-bond donors (Lipinski definition) is 0. The van der Waals surface area contributed by atoms with E-state index in [9.17, 15) is 8.42 Å². The van der Waals surface area contributed by atoms with Gasteiger partial charge in [-0.05, 0) is 36.4 Å². The van der Waals surface area contributed by atoms with Crippen LogP contribution in [-0.2, 0) is 10.0 Å². The van der Waals surface area contributed by atoms with Gasteiger partial charge in [-0.15, -0.1) is 0 Å². The van der Waals surface area contributed by atoms with Crippen molar-refractivity contribution in [2.24, 2.45) is 4.99 Å². The van der Waals surface area contributed by atoms with E-state index < -0.39 is 10.0 Å². The van der Waals surface area contributed by atoms with Gasteiger partial charge < -0.3 is 14.4 Å². The second-order valence-corrected chi connectivity index (χ2v) is 9.51. The second kappa shape index (κ2) is 8.29. The minimum Gasteiger partial charge on any atom is -0.497 e. The van der Waals surface area contributed by atoms with Gasteiger partial charge in [-0.25, -0.2) is 13.4 Å². The third kappa shape index (κ3) is 3.72. The number of aliphatic imine (C=N–C) groups is 1. The molecule has 1 fully saturated rings. The van der Waals surface area contributed by atoms with Crippen LogP contribution in [0.4, 0.5) is 5.69 Å². The van der Waals surface area contributed by atoms with Crippen LogP contribution in [0.15, 0.2) is 82.7 Å². The molecule has 1 saturated heterocycles. The molecule has 0 saturated carbocycles. The zero-order valence-electron chi connectivity index (χ0n) is 17.6. The van der Waals surface area contributed by atoms with Crippen molar-refractivity contribution in [1.29, 1.82) is 0 Å². The zero-order chi connectivity index (χ0) is 22.1. The van der Waals surface area contributed by atoms with Crippen molar-refractivity contribution >= 4 is 21.5 Å². The van der Waals surface area contributed by atoms with E-state index in [0.29, 0.717) is 37.7 Å². The van der Waals surface area contributed by atoms with Gasteiger partial charge in [-0.2, -0.15) is 4.31 Å². The van der Waals surface area contributed by atoms with Crippen molar-refractivity contribution in [3.05, 3.63) is 78.4 Å². The molecule has 0 unspecified atom stereocenters. The van der Waals surface area contributed by atoms with E-state index in [1.807, 2.05) is 48.5 Å². The summed E-state index contributed by atoms with van der Waals surface area (Å²) in [6.45, 7) is 1.78. The number of methoxy groups -OCH3 is 1. The molecule has 0 atom stereocenters. The first-order valence-corrected chi connectivity index (χ1v) is 11.8. The van der Waals surface area contributed by atoms with Crippen molar-refractivity contribution in [3.63, 3.8) is 0 Å². The maximum atomic E-state index is 13.2. The molecule has 0 bridgehead atoms. The number of hydrogen-bond acceptors (Lipinski definition) is 6. The van der Waals surface area contributed by atoms with E-state index in [2.05, 4.69) is 4.90 Å². The summed E-state index contributed by atoms with van der Waals surface area (Å²) in [5.74, 6) is 2.76. The van der Waals surface area contributed by atoms with Crippen molar-refractivity contribution in [2.45, 2.75) is 4.90 Å². The Bertz CT molecular complexity index is 1280. The third-order valence-corrected chi connectivity index (χ3v) is 7.55. The molecule has 8 heteroatoms. The summed E-state index contributed by atoms with van der Waals surface area (Å²) < 4.78 is 39.1. The lowest BCUT2D eigenvalue weighted by molar-refractivity contribution is 0.266. The van der Waals surface area contributed by atoms with Crippen LogP contribution in [0, 0.1) is 0 Å². The smallest absolute Gasteiger partial charge is 0.243 e. The summed E-state index contributed by atoms with van der Waals surface area (Å²) in [5, 5.41) is 0. The number of para-hydroxylation sites is 3. The van der Waals surface area contributed by atoms with Gasteiger partial charge in [0, 0.05) is 32.2 Å². The summed E-state index contributed by atoms with van der Waals surface area (Å²) in [6.07, 6.45) is 0. The normalized spacial score (nSPS) is 16.3. The van der Waals surface area contributed by atoms with E-state index in [-0.39, 0.29) is 4.90 Å². The number of sulfonamides is 1. The Hall–Kier alpha value is -3.36. The number of ether oxygens (including phenoxy) is 2. The SMILES string of the molecule is COc1cccc(S(=O)(=O)N2CCN(C3=Nc4ccccc4Oc4ccccc43)CC2)c1. The van der Waals surface area contributed by atoms with Crippen molar-refractivity contribution in [2.75, 3.05) is 33.3 Å². The summed E-state index contributed by atoms with van der Waals surface area (Å²) in [6, 6.07) is 22.1. The molecule has 3 aromatic carbocycles. The van der Waals surface area contributed by atoms with Gasteiger partial charge in [0.15, 0.2) is 5.75 Å². The molecule has 2 heterocycles. The Morgan fingerprint density at radius 3 is 2.38 bits per heavy atom. The predicted octanol–water partition coefficient (Wildman–Crippen LogP) is 3.89. The van der Waals surface area contributed by atoms with Crippen LogP contribution in [0.1, 0.15) is 5.56 Å². The Morgan fingerprint density at radius 2 is 1.59 bits per heavy atom. The van der Waals surface area contributed by atoms with Gasteiger partial charge >= 0.3 is 0 Å². The molecule has 0 N–H and O–H groups in total. The first-order valence-electron chi connectivity index (χ1n) is 10.4. The molecule has 2 aliphatic heterocycles. The fourth-order valence-electron chi connectivity index (χ4n) is 3.96. The number of fused-ring (bicyclic) bond motifs is 2. The van der Waals surface area contributed by atoms with Crippen molar-refractivity contribution in [3.8, 4) is 17.2 Å². The van der Waals surface area contributed by atoms with E-state index in [1.54, 1.807) is 24.3 Å². The molecular formula is C24H23N3O4S. The lowest BCUT2D eigenvalue weighted by Crippen LogP contribution is -2.50. The van der Waals surface area contributed by atoms with Crippen LogP contribution in [0.2, 0.25) is 0 Å². The highest BCUT2D eigenvalue weighted by atomic mass is 32.2. The first kappa shape index (κ1) is 20.5. The van der Waals surface area contributed by atoms with E-state index >= 15 is 0 Å². The number of nitrogens with zero attached hydrogens (tertiary/aromatic N) is 3. The maximum absolute atomic E-state index is 13.2. The van der Waals surface area contributed by atoms with Crippen LogP contribution in [-0.4, -0.2) is 56.7 Å². The van der Waals surface area contributed by atoms with Gasteiger partial charge in [-0.3, -0.25) is 0 Å². The number of benzene rings is 3. The molecule has 3 aromatic rings. The topological polar surface area (TPSA) is 71.4 Å². The number of piperazine rings is 1. The molecule has 0 aliphatic carbocycles. The molecule has 32 heavy (non-hydrogen) atoms. The molecule has 164 valence electrons. The maximum Gasteiger partial charge on any atom is 0.243 e. The Balaban J connectivity index is 1.42. The predicted molar refractivity (Wildman–Crippen MR) is 122 cm³/mol. The number of amidine groups is 1. The van der Waals surface area contributed by atoms with Crippen LogP contribution >= 0.6 is 0 Å². The summed E-state index contributed by atoms with van der Waals surface area (Å²) in [7, 11) is -2.08. The molecule has 0 amide bonds. The van der Waals surface area contributed by atoms with Crippen LogP contribution in [0.5, 0.6) is 17.2 Å². The molecule has 0 radical (unpaired) electrons. The van der Waals surface area contributed by atoms with Gasteiger partial charge in [0.1, 0.15) is 23.0 Å². The van der Waals surface area contributed by atoms with Crippen molar-refractivity contribution < 1.29 is 17.9 Å². The van der Waals surface area contributed by atoms with Crippen LogP contribution in [0.3, 0.4) is 0 Å². The van der Waals surface area contributed by atoms with Gasteiger partial charge in [0.2, 0.25) is 10.0 Å². The summed E-state index contributed by atoms with van der Waals surface area (Å²) in [5.41, 5.74) is 1.65. The molecular weight excluding hydrogens is 426 g/mol. The Morgan fingerprint density at radius 1 is 0.875 bits per heavy atom. The molecule has 0 spiro atoms. The van der Waals surface area contributed by atoms with Crippen molar-refractivity contribution in [1.82, 2.24) is 9.21 Å². The van der Waals surface area contributed by atoms with E-state index in [0.717, 1.165) is 22.8 Å². The highest BCUT2D eigenvalue weighted by Gasteiger charge is 2.31. The second-order valence-electron chi connectivity index (χ2n) is 7.57. The van der Waals surface area contributed by atoms with Gasteiger partial charge in [0.05, 0.1) is 17.6 Å². The molecule has 7 nitrogen and oxygen atoms in total. The average molecular weight is 450 g/mol. The highest BCUT2D eigenvalue weighted by molar-refractivity contribution is 7.89. The largest absolute Gasteiger partial charge is 0.497 e. The van der Waals surface area contributed by atoms with E-state index in [1.165, 1.54) is 11.4 Å². The minimum absolute atomic E-state index is 0.241. The van der Waals surface area contributed by atoms with Crippen LogP contribution < -0.4 is 9.47 Å². The fourth-order valence-corrected chi connectivity index (χ4v) is 5.42. The summed E-state index contributed by atoms with van der Waals surface area (Å²) in [4.78, 5) is 7.27. The molecule has 0 aromatic heterocycles. The lowest BCUT2D eigenvalue weighted by atomic mass is 10.1. The van der Waals surface area contributed by atoms with Crippen LogP contribution in [0.25, 0.3) is 0 Å². The van der Waals surface area contributed by atoms with Gasteiger partial charge in [-0.1, -0.05) is 30.3 Å². The monoisotopic (exact) mass is 449 g/mol.